The van der Waals surface area contributed by atoms with Crippen LogP contribution in [0.5, 0.6) is 0 Å². The van der Waals surface area contributed by atoms with E-state index in [4.69, 9.17) is 4.98 Å². The van der Waals surface area contributed by atoms with Crippen molar-refractivity contribution in [2.45, 2.75) is 39.9 Å². The topological polar surface area (TPSA) is 12.9 Å². The van der Waals surface area contributed by atoms with Crippen molar-refractivity contribution in [3.05, 3.63) is 60.3 Å². The lowest BCUT2D eigenvalue weighted by Gasteiger charge is -2.22. The van der Waals surface area contributed by atoms with Gasteiger partial charge in [-0.15, -0.1) is 0 Å². The van der Waals surface area contributed by atoms with Crippen LogP contribution < -0.4 is 5.19 Å². The highest BCUT2D eigenvalue weighted by atomic mass is 28.3. The molecular formula is C22H27NSi. The predicted molar refractivity (Wildman–Crippen MR) is 109 cm³/mol. The average Bonchev–Trinajstić information content (AvgIpc) is 2.52. The second-order valence-electron chi connectivity index (χ2n) is 8.10. The summed E-state index contributed by atoms with van der Waals surface area (Å²) < 4.78 is 0. The average molecular weight is 334 g/mol. The molecule has 0 bridgehead atoms. The summed E-state index contributed by atoms with van der Waals surface area (Å²) in [5.74, 6) is 0.655. The molecule has 0 aliphatic rings. The molecule has 0 radical (unpaired) electrons. The largest absolute Gasteiger partial charge is 0.256 e. The quantitative estimate of drug-likeness (QED) is 0.563. The molecule has 24 heavy (non-hydrogen) atoms. The van der Waals surface area contributed by atoms with Gasteiger partial charge in [0.05, 0.1) is 13.8 Å². The van der Waals surface area contributed by atoms with Crippen molar-refractivity contribution in [2.75, 3.05) is 0 Å². The van der Waals surface area contributed by atoms with Crippen LogP contribution in [0.25, 0.3) is 22.0 Å². The van der Waals surface area contributed by atoms with Gasteiger partial charge in [-0.25, -0.2) is 0 Å². The van der Waals surface area contributed by atoms with E-state index >= 15 is 0 Å². The maximum Gasteiger partial charge on any atom is 0.0799 e. The fourth-order valence-electron chi connectivity index (χ4n) is 3.38. The smallest absolute Gasteiger partial charge is 0.0799 e. The molecule has 1 aromatic heterocycles. The normalized spacial score (nSPS) is 12.1. The molecule has 0 aliphatic heterocycles. The first kappa shape index (κ1) is 16.9. The van der Waals surface area contributed by atoms with Crippen molar-refractivity contribution in [3.63, 3.8) is 0 Å². The first-order chi connectivity index (χ1) is 11.4. The minimum absolute atomic E-state index is 0.655. The van der Waals surface area contributed by atoms with Crippen molar-refractivity contribution in [1.82, 2.24) is 4.98 Å². The third kappa shape index (κ3) is 3.44. The lowest BCUT2D eigenvalue weighted by Crippen LogP contribution is -2.40. The molecule has 1 heterocycles. The number of nitrogens with zero attached hydrogens (tertiary/aromatic N) is 1. The third-order valence-electron chi connectivity index (χ3n) is 4.49. The van der Waals surface area contributed by atoms with Crippen molar-refractivity contribution >= 4 is 24.0 Å². The molecule has 0 unspecified atom stereocenters. The SMILES string of the molecule is CC(C)Cc1cc(-c2cccc3ccccc23)ncc1[Si](C)(C)C. The number of rotatable bonds is 4. The van der Waals surface area contributed by atoms with Gasteiger partial charge in [0.25, 0.3) is 0 Å². The van der Waals surface area contributed by atoms with Gasteiger partial charge < -0.3 is 0 Å². The highest BCUT2D eigenvalue weighted by Crippen LogP contribution is 2.28. The van der Waals surface area contributed by atoms with Gasteiger partial charge in [0.15, 0.2) is 0 Å². The summed E-state index contributed by atoms with van der Waals surface area (Å²) in [5.41, 5.74) is 3.83. The Morgan fingerprint density at radius 2 is 1.67 bits per heavy atom. The van der Waals surface area contributed by atoms with E-state index in [0.29, 0.717) is 5.92 Å². The van der Waals surface area contributed by atoms with E-state index in [1.54, 1.807) is 0 Å². The molecular weight excluding hydrogens is 306 g/mol. The van der Waals surface area contributed by atoms with Crippen LogP contribution in [-0.4, -0.2) is 13.1 Å². The zero-order chi connectivity index (χ0) is 17.3. The first-order valence-electron chi connectivity index (χ1n) is 8.84. The Balaban J connectivity index is 2.18. The molecule has 0 aliphatic carbocycles. The molecule has 3 rings (SSSR count). The van der Waals surface area contributed by atoms with Crippen LogP contribution in [0.3, 0.4) is 0 Å². The molecule has 0 saturated carbocycles. The van der Waals surface area contributed by atoms with Crippen LogP contribution in [0.1, 0.15) is 19.4 Å². The van der Waals surface area contributed by atoms with Gasteiger partial charge in [-0.1, -0.05) is 76.0 Å². The molecule has 1 nitrogen and oxygen atoms in total. The van der Waals surface area contributed by atoms with Crippen LogP contribution in [0.2, 0.25) is 19.6 Å². The fourth-order valence-corrected chi connectivity index (χ4v) is 4.97. The number of aromatic nitrogens is 1. The number of hydrogen-bond acceptors (Lipinski definition) is 1. The summed E-state index contributed by atoms with van der Waals surface area (Å²) in [6, 6.07) is 17.4. The van der Waals surface area contributed by atoms with Crippen molar-refractivity contribution < 1.29 is 0 Å². The van der Waals surface area contributed by atoms with Crippen LogP contribution in [0.4, 0.5) is 0 Å². The van der Waals surface area contributed by atoms with Gasteiger partial charge in [0.1, 0.15) is 0 Å². The van der Waals surface area contributed by atoms with Gasteiger partial charge >= 0.3 is 0 Å². The van der Waals surface area contributed by atoms with E-state index in [0.717, 1.165) is 12.1 Å². The molecule has 0 amide bonds. The summed E-state index contributed by atoms with van der Waals surface area (Å²) >= 11 is 0. The second-order valence-corrected chi connectivity index (χ2v) is 13.1. The molecule has 0 saturated heterocycles. The molecule has 0 spiro atoms. The Morgan fingerprint density at radius 3 is 2.38 bits per heavy atom. The van der Waals surface area contributed by atoms with Gasteiger partial charge in [0.2, 0.25) is 0 Å². The minimum atomic E-state index is -1.38. The van der Waals surface area contributed by atoms with E-state index in [1.807, 2.05) is 0 Å². The molecule has 0 N–H and O–H groups in total. The van der Waals surface area contributed by atoms with Crippen molar-refractivity contribution in [2.24, 2.45) is 5.92 Å². The highest BCUT2D eigenvalue weighted by Gasteiger charge is 2.22. The number of benzene rings is 2. The van der Waals surface area contributed by atoms with Crippen LogP contribution in [0.15, 0.2) is 54.7 Å². The molecule has 3 aromatic rings. The zero-order valence-corrected chi connectivity index (χ0v) is 16.4. The second kappa shape index (κ2) is 6.52. The van der Waals surface area contributed by atoms with E-state index in [9.17, 15) is 0 Å². The van der Waals surface area contributed by atoms with Gasteiger partial charge in [-0.2, -0.15) is 0 Å². The molecule has 0 atom stereocenters. The molecule has 2 heteroatoms. The van der Waals surface area contributed by atoms with E-state index in [2.05, 4.69) is 88.2 Å². The number of hydrogen-bond donors (Lipinski definition) is 0. The van der Waals surface area contributed by atoms with Gasteiger partial charge in [-0.3, -0.25) is 4.98 Å². The van der Waals surface area contributed by atoms with Crippen LogP contribution in [-0.2, 0) is 6.42 Å². The molecule has 124 valence electrons. The summed E-state index contributed by atoms with van der Waals surface area (Å²) in [5, 5.41) is 4.06. The molecule has 0 fully saturated rings. The molecule has 2 aromatic carbocycles. The standard InChI is InChI=1S/C22H27NSi/c1-16(2)13-18-14-21(23-15-22(18)24(3,4)5)20-12-8-10-17-9-6-7-11-19(17)20/h6-12,14-16H,13H2,1-5H3. The van der Waals surface area contributed by atoms with E-state index in [-0.39, 0.29) is 0 Å². The summed E-state index contributed by atoms with van der Waals surface area (Å²) in [4.78, 5) is 4.87. The Labute approximate surface area is 146 Å². The van der Waals surface area contributed by atoms with Crippen molar-refractivity contribution in [3.8, 4) is 11.3 Å². The Bertz CT molecular complexity index is 854. The predicted octanol–water partition coefficient (Wildman–Crippen LogP) is 5.65. The number of fused-ring (bicyclic) bond motifs is 1. The third-order valence-corrected chi connectivity index (χ3v) is 6.56. The first-order valence-corrected chi connectivity index (χ1v) is 12.3. The zero-order valence-electron chi connectivity index (χ0n) is 15.4. The summed E-state index contributed by atoms with van der Waals surface area (Å²) in [6.45, 7) is 11.8. The van der Waals surface area contributed by atoms with Gasteiger partial charge in [-0.05, 0) is 39.9 Å². The van der Waals surface area contributed by atoms with Gasteiger partial charge in [0, 0.05) is 11.8 Å². The van der Waals surface area contributed by atoms with Crippen molar-refractivity contribution in [1.29, 1.82) is 0 Å². The Kier molecular flexibility index (Phi) is 4.59. The van der Waals surface area contributed by atoms with Crippen LogP contribution >= 0.6 is 0 Å². The maximum atomic E-state index is 4.87. The maximum absolute atomic E-state index is 4.87. The van der Waals surface area contributed by atoms with E-state index in [1.165, 1.54) is 27.1 Å². The Hall–Kier alpha value is -1.93. The summed E-state index contributed by atoms with van der Waals surface area (Å²) in [6.07, 6.45) is 3.28. The summed E-state index contributed by atoms with van der Waals surface area (Å²) in [7, 11) is -1.38. The Morgan fingerprint density at radius 1 is 0.958 bits per heavy atom. The highest BCUT2D eigenvalue weighted by molar-refractivity contribution is 6.89. The van der Waals surface area contributed by atoms with E-state index < -0.39 is 8.07 Å². The fraction of sp³-hybridized carbons (Fsp3) is 0.318. The lowest BCUT2D eigenvalue weighted by molar-refractivity contribution is 0.649. The van der Waals surface area contributed by atoms with Crippen LogP contribution in [0, 0.1) is 5.92 Å². The number of pyridine rings is 1. The lowest BCUT2D eigenvalue weighted by atomic mass is 9.98. The minimum Gasteiger partial charge on any atom is -0.256 e. The monoisotopic (exact) mass is 333 g/mol.